The second kappa shape index (κ2) is 7.70. The van der Waals surface area contributed by atoms with E-state index in [9.17, 15) is 9.18 Å². The summed E-state index contributed by atoms with van der Waals surface area (Å²) in [6, 6.07) is 10.5. The maximum Gasteiger partial charge on any atom is 0.194 e. The number of benzene rings is 1. The molecule has 0 saturated carbocycles. The van der Waals surface area contributed by atoms with Gasteiger partial charge in [0.25, 0.3) is 0 Å². The third-order valence-electron chi connectivity index (χ3n) is 2.80. The SMILES string of the molecule is CCOc1ccc(-c2[c-]ccc(=O)n2CC)c(F)c1.[Y]. The smallest absolute Gasteiger partial charge is 0.194 e. The van der Waals surface area contributed by atoms with Gasteiger partial charge in [-0.2, -0.15) is 12.1 Å². The Bertz CT molecular complexity index is 640. The van der Waals surface area contributed by atoms with E-state index in [1.54, 1.807) is 12.1 Å². The first-order valence-corrected chi connectivity index (χ1v) is 6.21. The van der Waals surface area contributed by atoms with E-state index in [2.05, 4.69) is 6.07 Å². The van der Waals surface area contributed by atoms with Crippen LogP contribution in [0.5, 0.6) is 5.75 Å². The van der Waals surface area contributed by atoms with E-state index < -0.39 is 5.82 Å². The predicted molar refractivity (Wildman–Crippen MR) is 71.8 cm³/mol. The number of hydrogen-bond acceptors (Lipinski definition) is 2. The molecule has 0 aliphatic carbocycles. The van der Waals surface area contributed by atoms with E-state index >= 15 is 0 Å². The molecule has 0 saturated heterocycles. The molecule has 0 N–H and O–H groups in total. The molecule has 0 aliphatic rings. The number of halogens is 1. The molecule has 0 atom stereocenters. The third kappa shape index (κ3) is 3.55. The van der Waals surface area contributed by atoms with Crippen LogP contribution in [0.25, 0.3) is 11.3 Å². The average Bonchev–Trinajstić information content (AvgIpc) is 2.39. The molecule has 5 heteroatoms. The minimum absolute atomic E-state index is 0. The molecule has 103 valence electrons. The van der Waals surface area contributed by atoms with Crippen LogP contribution >= 0.6 is 0 Å². The Morgan fingerprint density at radius 3 is 2.65 bits per heavy atom. The van der Waals surface area contributed by atoms with Crippen molar-refractivity contribution in [3.8, 4) is 17.0 Å². The minimum Gasteiger partial charge on any atom is -0.494 e. The van der Waals surface area contributed by atoms with Crippen LogP contribution < -0.4 is 10.3 Å². The molecule has 3 nitrogen and oxygen atoms in total. The molecular weight excluding hydrogens is 334 g/mol. The van der Waals surface area contributed by atoms with Gasteiger partial charge in [0.05, 0.1) is 12.4 Å². The van der Waals surface area contributed by atoms with Crippen LogP contribution in [0.3, 0.4) is 0 Å². The Morgan fingerprint density at radius 2 is 2.05 bits per heavy atom. The molecule has 2 rings (SSSR count). The van der Waals surface area contributed by atoms with Gasteiger partial charge in [-0.25, -0.2) is 4.39 Å². The van der Waals surface area contributed by atoms with Crippen molar-refractivity contribution in [3.63, 3.8) is 0 Å². The molecule has 1 heterocycles. The summed E-state index contributed by atoms with van der Waals surface area (Å²) in [5.74, 6) is 0.0556. The van der Waals surface area contributed by atoms with Crippen molar-refractivity contribution >= 4 is 0 Å². The van der Waals surface area contributed by atoms with E-state index in [1.807, 2.05) is 13.8 Å². The summed E-state index contributed by atoms with van der Waals surface area (Å²) >= 11 is 0. The van der Waals surface area contributed by atoms with Crippen molar-refractivity contribution in [1.29, 1.82) is 0 Å². The maximum absolute atomic E-state index is 14.1. The van der Waals surface area contributed by atoms with Gasteiger partial charge in [-0.1, -0.05) is 17.3 Å². The third-order valence-corrected chi connectivity index (χ3v) is 2.80. The molecule has 0 bridgehead atoms. The molecule has 0 aliphatic heterocycles. The van der Waals surface area contributed by atoms with Gasteiger partial charge in [0.15, 0.2) is 5.56 Å². The Balaban J connectivity index is 0.00000200. The van der Waals surface area contributed by atoms with Crippen molar-refractivity contribution in [2.45, 2.75) is 20.4 Å². The summed E-state index contributed by atoms with van der Waals surface area (Å²) in [5, 5.41) is 0. The van der Waals surface area contributed by atoms with Crippen LogP contribution in [0.2, 0.25) is 0 Å². The van der Waals surface area contributed by atoms with Gasteiger partial charge in [-0.05, 0) is 19.9 Å². The van der Waals surface area contributed by atoms with Crippen LogP contribution in [0, 0.1) is 11.9 Å². The van der Waals surface area contributed by atoms with E-state index in [0.29, 0.717) is 30.2 Å². The number of nitrogens with zero attached hydrogens (tertiary/aromatic N) is 1. The van der Waals surface area contributed by atoms with Crippen LogP contribution in [0.1, 0.15) is 13.8 Å². The molecular formula is C15H15FNO2Y-. The van der Waals surface area contributed by atoms with Crippen molar-refractivity contribution in [3.05, 3.63) is 52.6 Å². The molecule has 0 unspecified atom stereocenters. The number of aromatic nitrogens is 1. The van der Waals surface area contributed by atoms with Crippen LogP contribution in [0.15, 0.2) is 35.1 Å². The Kier molecular flexibility index (Phi) is 6.57. The number of rotatable bonds is 4. The second-order valence-corrected chi connectivity index (χ2v) is 3.98. The fourth-order valence-electron chi connectivity index (χ4n) is 1.95. The van der Waals surface area contributed by atoms with Crippen molar-refractivity contribution in [2.75, 3.05) is 6.61 Å². The van der Waals surface area contributed by atoms with E-state index in [0.717, 1.165) is 0 Å². The Morgan fingerprint density at radius 1 is 1.30 bits per heavy atom. The summed E-state index contributed by atoms with van der Waals surface area (Å²) in [4.78, 5) is 11.7. The van der Waals surface area contributed by atoms with Gasteiger partial charge in [-0.15, -0.1) is 6.07 Å². The van der Waals surface area contributed by atoms with Gasteiger partial charge < -0.3 is 9.30 Å². The molecule has 2 aromatic rings. The first kappa shape index (κ1) is 17.1. The number of ether oxygens (including phenoxy) is 1. The molecule has 0 amide bonds. The Labute approximate surface area is 142 Å². The average molecular weight is 349 g/mol. The zero-order valence-electron chi connectivity index (χ0n) is 11.5. The largest absolute Gasteiger partial charge is 0.494 e. The standard InChI is InChI=1S/C15H15FNO2.Y/c1-3-17-14(6-5-7-15(17)18)12-9-8-11(19-4-2)10-13(12)16;/h5,7-10H,3-4H2,1-2H3;/q-1;. The zero-order chi connectivity index (χ0) is 13.8. The van der Waals surface area contributed by atoms with E-state index in [4.69, 9.17) is 4.74 Å². The predicted octanol–water partition coefficient (Wildman–Crippen LogP) is 2.87. The summed E-state index contributed by atoms with van der Waals surface area (Å²) in [6.45, 7) is 4.63. The van der Waals surface area contributed by atoms with Gasteiger partial charge in [0.2, 0.25) is 0 Å². The van der Waals surface area contributed by atoms with Gasteiger partial charge in [0.1, 0.15) is 5.75 Å². The van der Waals surface area contributed by atoms with E-state index in [1.165, 1.54) is 22.8 Å². The van der Waals surface area contributed by atoms with Crippen molar-refractivity contribution in [2.24, 2.45) is 0 Å². The summed E-state index contributed by atoms with van der Waals surface area (Å²) in [6.07, 6.45) is 0. The number of pyridine rings is 1. The second-order valence-electron chi connectivity index (χ2n) is 3.98. The number of hydrogen-bond donors (Lipinski definition) is 0. The van der Waals surface area contributed by atoms with Crippen molar-refractivity contribution < 1.29 is 41.8 Å². The van der Waals surface area contributed by atoms with Crippen LogP contribution in [-0.4, -0.2) is 11.2 Å². The maximum atomic E-state index is 14.1. The molecule has 20 heavy (non-hydrogen) atoms. The topological polar surface area (TPSA) is 31.2 Å². The Hall–Kier alpha value is -0.996. The van der Waals surface area contributed by atoms with Crippen molar-refractivity contribution in [1.82, 2.24) is 4.57 Å². The first-order valence-electron chi connectivity index (χ1n) is 6.21. The van der Waals surface area contributed by atoms with Gasteiger partial charge in [-0.3, -0.25) is 4.79 Å². The van der Waals surface area contributed by atoms with Gasteiger partial charge >= 0.3 is 0 Å². The molecule has 1 radical (unpaired) electrons. The molecule has 0 spiro atoms. The van der Waals surface area contributed by atoms with Crippen LogP contribution in [0.4, 0.5) is 4.39 Å². The zero-order valence-corrected chi connectivity index (χ0v) is 14.4. The first-order chi connectivity index (χ1) is 9.17. The minimum atomic E-state index is -0.421. The van der Waals surface area contributed by atoms with E-state index in [-0.39, 0.29) is 38.3 Å². The van der Waals surface area contributed by atoms with Crippen LogP contribution in [-0.2, 0) is 39.3 Å². The molecule has 1 aromatic heterocycles. The quantitative estimate of drug-likeness (QED) is 0.795. The summed E-state index contributed by atoms with van der Waals surface area (Å²) in [7, 11) is 0. The molecule has 0 fully saturated rings. The monoisotopic (exact) mass is 349 g/mol. The summed E-state index contributed by atoms with van der Waals surface area (Å²) in [5.41, 5.74) is 0.642. The van der Waals surface area contributed by atoms with Gasteiger partial charge in [0, 0.05) is 45.3 Å². The fourth-order valence-corrected chi connectivity index (χ4v) is 1.95. The molecule has 1 aromatic carbocycles. The fraction of sp³-hybridized carbons (Fsp3) is 0.267. The summed E-state index contributed by atoms with van der Waals surface area (Å²) < 4.78 is 20.8. The normalized spacial score (nSPS) is 9.95.